The van der Waals surface area contributed by atoms with E-state index in [4.69, 9.17) is 18.9 Å². The first-order chi connectivity index (χ1) is 13.7. The zero-order valence-electron chi connectivity index (χ0n) is 17.6. The van der Waals surface area contributed by atoms with Crippen LogP contribution < -0.4 is 9.64 Å². The normalized spacial score (nSPS) is 20.6. The molecule has 1 aromatic carbocycles. The van der Waals surface area contributed by atoms with Crippen LogP contribution in [0.3, 0.4) is 0 Å². The molecule has 1 atom stereocenters. The van der Waals surface area contributed by atoms with Crippen LogP contribution in [-0.2, 0) is 14.2 Å². The maximum atomic E-state index is 12.2. The fourth-order valence-electron chi connectivity index (χ4n) is 3.36. The van der Waals surface area contributed by atoms with Crippen molar-refractivity contribution in [1.82, 2.24) is 4.90 Å². The molecule has 3 rings (SSSR count). The lowest BCUT2D eigenvalue weighted by Crippen LogP contribution is -2.43. The average molecular weight is 406 g/mol. The third kappa shape index (κ3) is 5.76. The minimum absolute atomic E-state index is 0.0439. The van der Waals surface area contributed by atoms with Gasteiger partial charge in [0.05, 0.1) is 26.4 Å². The van der Waals surface area contributed by atoms with E-state index in [1.54, 1.807) is 16.9 Å². The molecule has 2 aliphatic rings. The Balaban J connectivity index is 1.42. The fraction of sp³-hybridized carbons (Fsp3) is 0.619. The van der Waals surface area contributed by atoms with Gasteiger partial charge in [-0.3, -0.25) is 4.90 Å². The summed E-state index contributed by atoms with van der Waals surface area (Å²) in [5.41, 5.74) is 0.274. The molecule has 1 aromatic rings. The summed E-state index contributed by atoms with van der Waals surface area (Å²) in [4.78, 5) is 27.6. The lowest BCUT2D eigenvalue weighted by Gasteiger charge is -2.33. The maximum Gasteiger partial charge on any atom is 0.414 e. The SMILES string of the molecule is COc1ccc(N2CC(COC3CCN(C(=O)OC(C)(C)C)CC3)OC2=O)cc1. The number of carbonyl (C=O) groups excluding carboxylic acids is 2. The van der Waals surface area contributed by atoms with Crippen LogP contribution in [0.1, 0.15) is 33.6 Å². The van der Waals surface area contributed by atoms with Crippen molar-refractivity contribution in [2.75, 3.05) is 38.3 Å². The minimum atomic E-state index is -0.494. The molecule has 2 aliphatic heterocycles. The number of nitrogens with zero attached hydrogens (tertiary/aromatic N) is 2. The number of methoxy groups -OCH3 is 1. The van der Waals surface area contributed by atoms with Gasteiger partial charge >= 0.3 is 12.2 Å². The van der Waals surface area contributed by atoms with E-state index in [0.29, 0.717) is 26.2 Å². The lowest BCUT2D eigenvalue weighted by molar-refractivity contribution is -0.0335. The second-order valence-electron chi connectivity index (χ2n) is 8.31. The van der Waals surface area contributed by atoms with Gasteiger partial charge in [0.2, 0.25) is 0 Å². The van der Waals surface area contributed by atoms with E-state index in [2.05, 4.69) is 0 Å². The number of likely N-dealkylation sites (tertiary alicyclic amines) is 1. The van der Waals surface area contributed by atoms with Crippen molar-refractivity contribution in [1.29, 1.82) is 0 Å². The first-order valence-electron chi connectivity index (χ1n) is 9.97. The molecular weight excluding hydrogens is 376 g/mol. The topological polar surface area (TPSA) is 77.5 Å². The van der Waals surface area contributed by atoms with E-state index in [9.17, 15) is 9.59 Å². The van der Waals surface area contributed by atoms with Crippen molar-refractivity contribution in [3.63, 3.8) is 0 Å². The van der Waals surface area contributed by atoms with Gasteiger partial charge in [0.1, 0.15) is 17.5 Å². The number of carbonyl (C=O) groups is 2. The summed E-state index contributed by atoms with van der Waals surface area (Å²) in [6, 6.07) is 7.28. The van der Waals surface area contributed by atoms with Crippen molar-refractivity contribution in [2.24, 2.45) is 0 Å². The number of rotatable bonds is 5. The van der Waals surface area contributed by atoms with Crippen LogP contribution in [0.15, 0.2) is 24.3 Å². The van der Waals surface area contributed by atoms with Crippen LogP contribution in [0.25, 0.3) is 0 Å². The van der Waals surface area contributed by atoms with E-state index >= 15 is 0 Å². The van der Waals surface area contributed by atoms with Crippen molar-refractivity contribution >= 4 is 17.9 Å². The number of amides is 2. The number of piperidine rings is 1. The largest absolute Gasteiger partial charge is 0.497 e. The second-order valence-corrected chi connectivity index (χ2v) is 8.31. The van der Waals surface area contributed by atoms with Crippen molar-refractivity contribution in [3.8, 4) is 5.75 Å². The molecule has 0 N–H and O–H groups in total. The number of anilines is 1. The van der Waals surface area contributed by atoms with E-state index in [1.165, 1.54) is 0 Å². The predicted octanol–water partition coefficient (Wildman–Crippen LogP) is 3.44. The molecule has 2 fully saturated rings. The minimum Gasteiger partial charge on any atom is -0.497 e. The number of cyclic esters (lactones) is 1. The number of hydrogen-bond donors (Lipinski definition) is 0. The summed E-state index contributed by atoms with van der Waals surface area (Å²) in [6.45, 7) is 7.57. The Kier molecular flexibility index (Phi) is 6.52. The Bertz CT molecular complexity index is 707. The standard InChI is InChI=1S/C21H30N2O6/c1-21(2,3)29-19(24)22-11-9-17(10-12-22)27-14-18-13-23(20(25)28-18)15-5-7-16(26-4)8-6-15/h5-8,17-18H,9-14H2,1-4H3. The van der Waals surface area contributed by atoms with Crippen molar-refractivity contribution < 1.29 is 28.5 Å². The van der Waals surface area contributed by atoms with Gasteiger partial charge in [-0.05, 0) is 57.9 Å². The van der Waals surface area contributed by atoms with E-state index in [1.807, 2.05) is 45.0 Å². The predicted molar refractivity (Wildman–Crippen MR) is 107 cm³/mol. The zero-order chi connectivity index (χ0) is 21.0. The first-order valence-corrected chi connectivity index (χ1v) is 9.97. The fourth-order valence-corrected chi connectivity index (χ4v) is 3.36. The van der Waals surface area contributed by atoms with Gasteiger partial charge in [0.25, 0.3) is 0 Å². The third-order valence-corrected chi connectivity index (χ3v) is 4.87. The molecule has 0 aromatic heterocycles. The van der Waals surface area contributed by atoms with Gasteiger partial charge in [-0.15, -0.1) is 0 Å². The summed E-state index contributed by atoms with van der Waals surface area (Å²) in [5, 5.41) is 0. The first kappa shape index (κ1) is 21.2. The Morgan fingerprint density at radius 1 is 1.17 bits per heavy atom. The monoisotopic (exact) mass is 406 g/mol. The molecule has 2 heterocycles. The quantitative estimate of drug-likeness (QED) is 0.746. The van der Waals surface area contributed by atoms with Gasteiger partial charge in [-0.25, -0.2) is 9.59 Å². The Morgan fingerprint density at radius 2 is 1.83 bits per heavy atom. The Morgan fingerprint density at radius 3 is 2.41 bits per heavy atom. The zero-order valence-corrected chi connectivity index (χ0v) is 17.6. The van der Waals surface area contributed by atoms with Gasteiger partial charge in [-0.2, -0.15) is 0 Å². The summed E-state index contributed by atoms with van der Waals surface area (Å²) < 4.78 is 22.0. The number of hydrogen-bond acceptors (Lipinski definition) is 6. The van der Waals surface area contributed by atoms with Crippen molar-refractivity contribution in [2.45, 2.75) is 51.4 Å². The summed E-state index contributed by atoms with van der Waals surface area (Å²) in [5.74, 6) is 0.735. The average Bonchev–Trinajstić information content (AvgIpc) is 3.06. The Hall–Kier alpha value is -2.48. The van der Waals surface area contributed by atoms with E-state index in [0.717, 1.165) is 24.3 Å². The molecule has 8 nitrogen and oxygen atoms in total. The molecule has 0 aliphatic carbocycles. The molecule has 1 unspecified atom stereocenters. The van der Waals surface area contributed by atoms with Crippen LogP contribution in [0.5, 0.6) is 5.75 Å². The highest BCUT2D eigenvalue weighted by Gasteiger charge is 2.34. The van der Waals surface area contributed by atoms with Crippen LogP contribution in [0, 0.1) is 0 Å². The van der Waals surface area contributed by atoms with E-state index in [-0.39, 0.29) is 24.4 Å². The summed E-state index contributed by atoms with van der Waals surface area (Å²) in [6.07, 6.45) is 0.555. The van der Waals surface area contributed by atoms with Crippen LogP contribution in [0.4, 0.5) is 15.3 Å². The molecule has 160 valence electrons. The highest BCUT2D eigenvalue weighted by molar-refractivity contribution is 5.89. The molecule has 0 saturated carbocycles. The molecular formula is C21H30N2O6. The molecule has 0 bridgehead atoms. The summed E-state index contributed by atoms with van der Waals surface area (Å²) in [7, 11) is 1.60. The third-order valence-electron chi connectivity index (χ3n) is 4.87. The molecule has 2 saturated heterocycles. The molecule has 2 amide bonds. The number of benzene rings is 1. The molecule has 8 heteroatoms. The van der Waals surface area contributed by atoms with Crippen LogP contribution in [-0.4, -0.2) is 68.2 Å². The highest BCUT2D eigenvalue weighted by Crippen LogP contribution is 2.25. The smallest absolute Gasteiger partial charge is 0.414 e. The van der Waals surface area contributed by atoms with E-state index < -0.39 is 5.60 Å². The molecule has 0 spiro atoms. The molecule has 0 radical (unpaired) electrons. The lowest BCUT2D eigenvalue weighted by atomic mass is 10.1. The van der Waals surface area contributed by atoms with Gasteiger partial charge in [0, 0.05) is 18.8 Å². The highest BCUT2D eigenvalue weighted by atomic mass is 16.6. The van der Waals surface area contributed by atoms with Crippen molar-refractivity contribution in [3.05, 3.63) is 24.3 Å². The Labute approximate surface area is 171 Å². The summed E-state index contributed by atoms with van der Waals surface area (Å²) >= 11 is 0. The van der Waals surface area contributed by atoms with Gasteiger partial charge in [0.15, 0.2) is 0 Å². The van der Waals surface area contributed by atoms with Crippen LogP contribution in [0.2, 0.25) is 0 Å². The number of ether oxygens (including phenoxy) is 4. The molecule has 29 heavy (non-hydrogen) atoms. The maximum absolute atomic E-state index is 12.2. The van der Waals surface area contributed by atoms with Gasteiger partial charge < -0.3 is 23.8 Å². The second kappa shape index (κ2) is 8.90. The van der Waals surface area contributed by atoms with Gasteiger partial charge in [-0.1, -0.05) is 0 Å². The van der Waals surface area contributed by atoms with Crippen LogP contribution >= 0.6 is 0 Å².